The minimum atomic E-state index is -0.520. The van der Waals surface area contributed by atoms with Gasteiger partial charge in [-0.15, -0.1) is 0 Å². The average molecular weight is 357 g/mol. The normalized spacial score (nSPS) is 14.6. The number of benzene rings is 1. The van der Waals surface area contributed by atoms with Crippen molar-refractivity contribution in [2.45, 2.75) is 13.8 Å². The first kappa shape index (κ1) is 18.0. The molecule has 1 aliphatic heterocycles. The summed E-state index contributed by atoms with van der Waals surface area (Å²) in [6, 6.07) is 7.57. The fraction of sp³-hybridized carbons (Fsp3) is 0.421. The van der Waals surface area contributed by atoms with Crippen LogP contribution in [0.4, 0.5) is 4.79 Å². The van der Waals surface area contributed by atoms with Gasteiger partial charge in [-0.2, -0.15) is 0 Å². The minimum Gasteiger partial charge on any atom is -0.450 e. The van der Waals surface area contributed by atoms with Crippen LogP contribution < -0.4 is 0 Å². The Morgan fingerprint density at radius 1 is 1.04 bits per heavy atom. The lowest BCUT2D eigenvalue weighted by Crippen LogP contribution is -2.52. The number of aryl methyl sites for hydroxylation is 1. The van der Waals surface area contributed by atoms with E-state index in [1.54, 1.807) is 11.8 Å². The van der Waals surface area contributed by atoms with Gasteiger partial charge in [0, 0.05) is 49.8 Å². The molecule has 7 nitrogen and oxygen atoms in total. The summed E-state index contributed by atoms with van der Waals surface area (Å²) in [5.74, 6) is -1.02. The third-order valence-electron chi connectivity index (χ3n) is 4.91. The molecule has 2 heterocycles. The molecule has 0 atom stereocenters. The van der Waals surface area contributed by atoms with E-state index < -0.39 is 11.7 Å². The molecular weight excluding hydrogens is 334 g/mol. The van der Waals surface area contributed by atoms with Gasteiger partial charge in [0.15, 0.2) is 0 Å². The van der Waals surface area contributed by atoms with Crippen molar-refractivity contribution in [3.05, 3.63) is 35.5 Å². The van der Waals surface area contributed by atoms with Crippen LogP contribution in [0.15, 0.2) is 24.3 Å². The molecule has 0 bridgehead atoms. The maximum atomic E-state index is 12.9. The van der Waals surface area contributed by atoms with Crippen LogP contribution >= 0.6 is 0 Å². The highest BCUT2D eigenvalue weighted by atomic mass is 16.6. The monoisotopic (exact) mass is 357 g/mol. The fourth-order valence-electron chi connectivity index (χ4n) is 3.36. The molecule has 0 N–H and O–H groups in total. The highest BCUT2D eigenvalue weighted by molar-refractivity contribution is 6.45. The quantitative estimate of drug-likeness (QED) is 0.622. The van der Waals surface area contributed by atoms with E-state index in [1.807, 2.05) is 42.8 Å². The van der Waals surface area contributed by atoms with Gasteiger partial charge in [-0.3, -0.25) is 9.59 Å². The maximum Gasteiger partial charge on any atom is 0.409 e. The van der Waals surface area contributed by atoms with Crippen LogP contribution in [-0.4, -0.2) is 64.9 Å². The van der Waals surface area contributed by atoms with Gasteiger partial charge >= 0.3 is 6.09 Å². The number of carbonyl (C=O) groups excluding carboxylic acids is 3. The van der Waals surface area contributed by atoms with Gasteiger partial charge in [0.05, 0.1) is 12.2 Å². The molecule has 26 heavy (non-hydrogen) atoms. The number of carbonyl (C=O) groups is 3. The molecule has 1 aromatic carbocycles. The third kappa shape index (κ3) is 3.05. The number of piperazine rings is 1. The van der Waals surface area contributed by atoms with Crippen molar-refractivity contribution in [1.29, 1.82) is 0 Å². The summed E-state index contributed by atoms with van der Waals surface area (Å²) in [5, 5.41) is 0.788. The number of hydrogen-bond acceptors (Lipinski definition) is 4. The molecule has 138 valence electrons. The van der Waals surface area contributed by atoms with Crippen molar-refractivity contribution in [1.82, 2.24) is 14.4 Å². The van der Waals surface area contributed by atoms with Gasteiger partial charge in [-0.25, -0.2) is 4.79 Å². The number of amides is 2. The molecule has 0 aliphatic carbocycles. The van der Waals surface area contributed by atoms with Crippen LogP contribution in [0.3, 0.4) is 0 Å². The first-order valence-corrected chi connectivity index (χ1v) is 8.75. The molecule has 1 aliphatic rings. The number of para-hydroxylation sites is 1. The fourth-order valence-corrected chi connectivity index (χ4v) is 3.36. The van der Waals surface area contributed by atoms with E-state index in [0.29, 0.717) is 38.3 Å². The Balaban J connectivity index is 1.77. The van der Waals surface area contributed by atoms with E-state index in [9.17, 15) is 14.4 Å². The van der Waals surface area contributed by atoms with E-state index >= 15 is 0 Å². The Kier molecular flexibility index (Phi) is 4.97. The molecular formula is C19H23N3O4. The Bertz CT molecular complexity index is 863. The Hall–Kier alpha value is -2.83. The number of ketones is 1. The van der Waals surface area contributed by atoms with Gasteiger partial charge in [-0.05, 0) is 19.9 Å². The number of ether oxygens (including phenoxy) is 1. The third-order valence-corrected chi connectivity index (χ3v) is 4.91. The average Bonchev–Trinajstić information content (AvgIpc) is 2.92. The van der Waals surface area contributed by atoms with Gasteiger partial charge in [0.1, 0.15) is 0 Å². The molecule has 0 saturated carbocycles. The largest absolute Gasteiger partial charge is 0.450 e. The van der Waals surface area contributed by atoms with Gasteiger partial charge in [0.25, 0.3) is 11.7 Å². The van der Waals surface area contributed by atoms with Crippen molar-refractivity contribution in [2.75, 3.05) is 32.8 Å². The molecule has 1 aromatic heterocycles. The zero-order valence-electron chi connectivity index (χ0n) is 15.3. The number of Topliss-reactive ketones (excluding diaryl/α,β-unsaturated/α-hetero) is 1. The van der Waals surface area contributed by atoms with Crippen LogP contribution in [0, 0.1) is 6.92 Å². The number of hydrogen-bond donors (Lipinski definition) is 0. The molecule has 1 saturated heterocycles. The van der Waals surface area contributed by atoms with Crippen LogP contribution in [0.2, 0.25) is 0 Å². The number of fused-ring (bicyclic) bond motifs is 1. The van der Waals surface area contributed by atoms with Crippen molar-refractivity contribution in [3.63, 3.8) is 0 Å². The van der Waals surface area contributed by atoms with Crippen LogP contribution in [0.1, 0.15) is 23.0 Å². The van der Waals surface area contributed by atoms with Gasteiger partial charge < -0.3 is 19.1 Å². The van der Waals surface area contributed by atoms with Crippen molar-refractivity contribution >= 4 is 28.7 Å². The Labute approximate surface area is 152 Å². The Morgan fingerprint density at radius 2 is 1.65 bits per heavy atom. The Morgan fingerprint density at radius 3 is 2.31 bits per heavy atom. The molecule has 0 unspecified atom stereocenters. The molecule has 0 spiro atoms. The molecule has 3 rings (SSSR count). The second kappa shape index (κ2) is 7.19. The smallest absolute Gasteiger partial charge is 0.409 e. The van der Waals surface area contributed by atoms with E-state index in [-0.39, 0.29) is 6.09 Å². The SMILES string of the molecule is CCOC(=O)N1CCN(C(=O)C(=O)c2c(C)n(C)c3ccccc23)CC1. The lowest BCUT2D eigenvalue weighted by atomic mass is 10.1. The second-order valence-electron chi connectivity index (χ2n) is 6.34. The molecule has 1 fully saturated rings. The predicted molar refractivity (Wildman–Crippen MR) is 97.2 cm³/mol. The van der Waals surface area contributed by atoms with E-state index in [1.165, 1.54) is 4.90 Å². The lowest BCUT2D eigenvalue weighted by molar-refractivity contribution is -0.128. The van der Waals surface area contributed by atoms with Crippen LogP contribution in [0.25, 0.3) is 10.9 Å². The highest BCUT2D eigenvalue weighted by Gasteiger charge is 2.31. The zero-order valence-corrected chi connectivity index (χ0v) is 15.3. The van der Waals surface area contributed by atoms with Gasteiger partial charge in [0.2, 0.25) is 0 Å². The van der Waals surface area contributed by atoms with E-state index in [2.05, 4.69) is 0 Å². The van der Waals surface area contributed by atoms with Crippen molar-refractivity contribution in [2.24, 2.45) is 7.05 Å². The lowest BCUT2D eigenvalue weighted by Gasteiger charge is -2.33. The summed E-state index contributed by atoms with van der Waals surface area (Å²) in [6.07, 6.45) is -0.379. The maximum absolute atomic E-state index is 12.9. The molecule has 2 aromatic rings. The molecule has 2 amide bonds. The number of aromatic nitrogens is 1. The molecule has 7 heteroatoms. The summed E-state index contributed by atoms with van der Waals surface area (Å²) in [6.45, 7) is 5.30. The number of nitrogens with zero attached hydrogens (tertiary/aromatic N) is 3. The summed E-state index contributed by atoms with van der Waals surface area (Å²) < 4.78 is 6.90. The summed E-state index contributed by atoms with van der Waals surface area (Å²) >= 11 is 0. The van der Waals surface area contributed by atoms with Crippen molar-refractivity contribution < 1.29 is 19.1 Å². The summed E-state index contributed by atoms with van der Waals surface area (Å²) in [7, 11) is 1.89. The van der Waals surface area contributed by atoms with Crippen molar-refractivity contribution in [3.8, 4) is 0 Å². The topological polar surface area (TPSA) is 71.8 Å². The first-order chi connectivity index (χ1) is 12.5. The first-order valence-electron chi connectivity index (χ1n) is 8.75. The standard InChI is InChI=1S/C19H23N3O4/c1-4-26-19(25)22-11-9-21(10-12-22)18(24)17(23)16-13(2)20(3)15-8-6-5-7-14(15)16/h5-8H,4,9-12H2,1-3H3. The molecule has 0 radical (unpaired) electrons. The van der Waals surface area contributed by atoms with E-state index in [4.69, 9.17) is 4.74 Å². The summed E-state index contributed by atoms with van der Waals surface area (Å²) in [4.78, 5) is 40.5. The summed E-state index contributed by atoms with van der Waals surface area (Å²) in [5.41, 5.74) is 2.16. The predicted octanol–water partition coefficient (Wildman–Crippen LogP) is 1.97. The highest BCUT2D eigenvalue weighted by Crippen LogP contribution is 2.25. The van der Waals surface area contributed by atoms with E-state index in [0.717, 1.165) is 16.6 Å². The van der Waals surface area contributed by atoms with Gasteiger partial charge in [-0.1, -0.05) is 18.2 Å². The zero-order chi connectivity index (χ0) is 18.8. The minimum absolute atomic E-state index is 0.316. The van der Waals surface area contributed by atoms with Crippen LogP contribution in [-0.2, 0) is 16.6 Å². The second-order valence-corrected chi connectivity index (χ2v) is 6.34. The van der Waals surface area contributed by atoms with Crippen LogP contribution in [0.5, 0.6) is 0 Å². The number of rotatable bonds is 3.